The lowest BCUT2D eigenvalue weighted by Gasteiger charge is -2.18. The summed E-state index contributed by atoms with van der Waals surface area (Å²) < 4.78 is 5.11. The molecule has 0 amide bonds. The minimum Gasteiger partial charge on any atom is -0.328 e. The molecule has 102 valence electrons. The van der Waals surface area contributed by atoms with Gasteiger partial charge in [-0.05, 0) is 51.2 Å². The number of hydrogen-bond donors (Lipinski definition) is 1. The Bertz CT molecular complexity index is 673. The fourth-order valence-electron chi connectivity index (χ4n) is 2.93. The van der Waals surface area contributed by atoms with Crippen LogP contribution in [0.1, 0.15) is 31.9 Å². The molecule has 0 radical (unpaired) electrons. The zero-order valence-corrected chi connectivity index (χ0v) is 12.3. The van der Waals surface area contributed by atoms with Gasteiger partial charge in [-0.1, -0.05) is 12.2 Å². The van der Waals surface area contributed by atoms with E-state index in [1.165, 1.54) is 12.8 Å². The average molecular weight is 276 g/mol. The second kappa shape index (κ2) is 4.96. The molecule has 5 heteroatoms. The number of nitrogens with zero attached hydrogens (tertiary/aromatic N) is 3. The number of nitrogens with one attached hydrogen (secondary N) is 1. The molecule has 0 aliphatic heterocycles. The third-order valence-electron chi connectivity index (χ3n) is 3.95. The normalized spacial score (nSPS) is 19.4. The molecule has 0 aromatic carbocycles. The molecule has 19 heavy (non-hydrogen) atoms. The number of allylic oxidation sites excluding steroid dienone is 2. The van der Waals surface area contributed by atoms with Crippen LogP contribution in [0.3, 0.4) is 0 Å². The molecule has 1 N–H and O–H groups in total. The highest BCUT2D eigenvalue weighted by atomic mass is 32.1. The summed E-state index contributed by atoms with van der Waals surface area (Å²) in [6.07, 6.45) is 8.18. The van der Waals surface area contributed by atoms with Gasteiger partial charge in [0.1, 0.15) is 5.52 Å². The van der Waals surface area contributed by atoms with Gasteiger partial charge >= 0.3 is 0 Å². The molecule has 0 saturated carbocycles. The first-order chi connectivity index (χ1) is 9.20. The molecule has 2 aromatic rings. The average Bonchev–Trinajstić information content (AvgIpc) is 2.90. The van der Waals surface area contributed by atoms with E-state index >= 15 is 0 Å². The van der Waals surface area contributed by atoms with Gasteiger partial charge in [-0.2, -0.15) is 5.10 Å². The van der Waals surface area contributed by atoms with E-state index in [1.807, 2.05) is 6.92 Å². The second-order valence-corrected chi connectivity index (χ2v) is 5.68. The molecule has 1 aliphatic rings. The van der Waals surface area contributed by atoms with Crippen molar-refractivity contribution in [2.24, 2.45) is 5.92 Å². The fraction of sp³-hybridized carbons (Fsp3) is 0.571. The first kappa shape index (κ1) is 12.7. The SMILES string of the molecule is CCn1nc(C)c2[nH]c(=S)n(CC3CC=CCC3)c21. The van der Waals surface area contributed by atoms with Crippen LogP contribution in [0.2, 0.25) is 0 Å². The lowest BCUT2D eigenvalue weighted by atomic mass is 9.94. The Kier molecular flexibility index (Phi) is 3.31. The molecule has 4 nitrogen and oxygen atoms in total. The van der Waals surface area contributed by atoms with Gasteiger partial charge in [0, 0.05) is 13.1 Å². The molecule has 0 bridgehead atoms. The number of hydrogen-bond acceptors (Lipinski definition) is 2. The van der Waals surface area contributed by atoms with E-state index in [2.05, 4.69) is 38.4 Å². The summed E-state index contributed by atoms with van der Waals surface area (Å²) in [5.41, 5.74) is 3.28. The predicted octanol–water partition coefficient (Wildman–Crippen LogP) is 3.58. The molecule has 2 aromatic heterocycles. The van der Waals surface area contributed by atoms with Gasteiger partial charge in [-0.3, -0.25) is 0 Å². The number of aromatic amines is 1. The topological polar surface area (TPSA) is 38.5 Å². The van der Waals surface area contributed by atoms with Crippen molar-refractivity contribution < 1.29 is 0 Å². The zero-order chi connectivity index (χ0) is 13.4. The standard InChI is InChI=1S/C14H20N4S/c1-3-18-13-12(10(2)16-18)15-14(19)17(13)9-11-7-5-4-6-8-11/h4-5,11H,3,6-9H2,1-2H3,(H,15,19). The molecular weight excluding hydrogens is 256 g/mol. The second-order valence-electron chi connectivity index (χ2n) is 5.29. The van der Waals surface area contributed by atoms with Gasteiger partial charge < -0.3 is 9.55 Å². The van der Waals surface area contributed by atoms with Crippen molar-refractivity contribution in [3.63, 3.8) is 0 Å². The minimum atomic E-state index is 0.691. The van der Waals surface area contributed by atoms with Crippen LogP contribution in [0.25, 0.3) is 11.2 Å². The van der Waals surface area contributed by atoms with Crippen molar-refractivity contribution in [2.75, 3.05) is 0 Å². The Morgan fingerprint density at radius 1 is 1.47 bits per heavy atom. The highest BCUT2D eigenvalue weighted by Crippen LogP contribution is 2.24. The fourth-order valence-corrected chi connectivity index (χ4v) is 3.19. The van der Waals surface area contributed by atoms with E-state index in [9.17, 15) is 0 Å². The summed E-state index contributed by atoms with van der Waals surface area (Å²) in [5, 5.41) is 4.57. The Morgan fingerprint density at radius 2 is 2.32 bits per heavy atom. The highest BCUT2D eigenvalue weighted by molar-refractivity contribution is 7.71. The van der Waals surface area contributed by atoms with Gasteiger partial charge in [0.25, 0.3) is 0 Å². The van der Waals surface area contributed by atoms with Crippen molar-refractivity contribution in [2.45, 2.75) is 46.2 Å². The van der Waals surface area contributed by atoms with Crippen molar-refractivity contribution in [1.82, 2.24) is 19.3 Å². The minimum absolute atomic E-state index is 0.691. The van der Waals surface area contributed by atoms with Crippen LogP contribution in [-0.2, 0) is 13.1 Å². The molecule has 3 rings (SSSR count). The van der Waals surface area contributed by atoms with Crippen LogP contribution in [-0.4, -0.2) is 19.3 Å². The van der Waals surface area contributed by atoms with Crippen LogP contribution in [0, 0.1) is 17.6 Å². The van der Waals surface area contributed by atoms with Crippen molar-refractivity contribution >= 4 is 23.4 Å². The molecular formula is C14H20N4S. The van der Waals surface area contributed by atoms with Crippen LogP contribution < -0.4 is 0 Å². The van der Waals surface area contributed by atoms with Gasteiger partial charge in [-0.25, -0.2) is 4.68 Å². The molecule has 0 saturated heterocycles. The van der Waals surface area contributed by atoms with Gasteiger partial charge in [-0.15, -0.1) is 0 Å². The van der Waals surface area contributed by atoms with Crippen molar-refractivity contribution in [1.29, 1.82) is 0 Å². The van der Waals surface area contributed by atoms with Gasteiger partial charge in [0.15, 0.2) is 10.4 Å². The van der Waals surface area contributed by atoms with E-state index in [4.69, 9.17) is 12.2 Å². The summed E-state index contributed by atoms with van der Waals surface area (Å²) in [6.45, 7) is 6.03. The number of aryl methyl sites for hydroxylation is 2. The lowest BCUT2D eigenvalue weighted by Crippen LogP contribution is -2.14. The summed E-state index contributed by atoms with van der Waals surface area (Å²) in [4.78, 5) is 3.32. The monoisotopic (exact) mass is 276 g/mol. The summed E-state index contributed by atoms with van der Waals surface area (Å²) in [5.74, 6) is 0.691. The molecule has 0 fully saturated rings. The smallest absolute Gasteiger partial charge is 0.179 e. The number of H-pyrrole nitrogens is 1. The largest absolute Gasteiger partial charge is 0.328 e. The van der Waals surface area contributed by atoms with E-state index in [-0.39, 0.29) is 0 Å². The Morgan fingerprint density at radius 3 is 3.00 bits per heavy atom. The maximum absolute atomic E-state index is 5.49. The molecule has 0 spiro atoms. The van der Waals surface area contributed by atoms with Gasteiger partial charge in [0.2, 0.25) is 0 Å². The number of rotatable bonds is 3. The molecule has 2 heterocycles. The van der Waals surface area contributed by atoms with E-state index in [0.29, 0.717) is 5.92 Å². The molecule has 1 unspecified atom stereocenters. The lowest BCUT2D eigenvalue weighted by molar-refractivity contribution is 0.409. The third kappa shape index (κ3) is 2.16. The number of aromatic nitrogens is 4. The van der Waals surface area contributed by atoms with E-state index in [1.54, 1.807) is 0 Å². The van der Waals surface area contributed by atoms with Crippen molar-refractivity contribution in [3.05, 3.63) is 22.6 Å². The first-order valence-electron chi connectivity index (χ1n) is 7.01. The van der Waals surface area contributed by atoms with Crippen LogP contribution >= 0.6 is 12.2 Å². The highest BCUT2D eigenvalue weighted by Gasteiger charge is 2.17. The molecule has 1 aliphatic carbocycles. The Labute approximate surface area is 118 Å². The zero-order valence-electron chi connectivity index (χ0n) is 11.5. The first-order valence-corrected chi connectivity index (χ1v) is 7.42. The third-order valence-corrected chi connectivity index (χ3v) is 4.27. The van der Waals surface area contributed by atoms with Crippen LogP contribution in [0.4, 0.5) is 0 Å². The number of fused-ring (bicyclic) bond motifs is 1. The quantitative estimate of drug-likeness (QED) is 0.687. The van der Waals surface area contributed by atoms with Crippen LogP contribution in [0.5, 0.6) is 0 Å². The Hall–Kier alpha value is -1.36. The number of imidazole rings is 1. The van der Waals surface area contributed by atoms with E-state index < -0.39 is 0 Å². The van der Waals surface area contributed by atoms with Gasteiger partial charge in [0.05, 0.1) is 5.69 Å². The maximum Gasteiger partial charge on any atom is 0.179 e. The Balaban J connectivity index is 2.04. The maximum atomic E-state index is 5.49. The molecule has 1 atom stereocenters. The van der Waals surface area contributed by atoms with Crippen molar-refractivity contribution in [3.8, 4) is 0 Å². The predicted molar refractivity (Wildman–Crippen MR) is 79.8 cm³/mol. The van der Waals surface area contributed by atoms with E-state index in [0.717, 1.165) is 41.1 Å². The summed E-state index contributed by atoms with van der Waals surface area (Å²) in [7, 11) is 0. The summed E-state index contributed by atoms with van der Waals surface area (Å²) >= 11 is 5.49. The summed E-state index contributed by atoms with van der Waals surface area (Å²) in [6, 6.07) is 0. The van der Waals surface area contributed by atoms with Crippen LogP contribution in [0.15, 0.2) is 12.2 Å².